The number of aryl methyl sites for hydroxylation is 1. The van der Waals surface area contributed by atoms with Crippen molar-refractivity contribution in [2.75, 3.05) is 26.9 Å². The number of thiophene rings is 1. The van der Waals surface area contributed by atoms with E-state index in [4.69, 9.17) is 13.9 Å². The largest absolute Gasteiger partial charge is 0.496 e. The first kappa shape index (κ1) is 36.9. The number of halogens is 2. The summed E-state index contributed by atoms with van der Waals surface area (Å²) in [6.07, 6.45) is -0.593. The molecule has 1 fully saturated rings. The molecule has 1 amide bonds. The van der Waals surface area contributed by atoms with Crippen molar-refractivity contribution in [2.24, 2.45) is 0 Å². The van der Waals surface area contributed by atoms with Crippen molar-refractivity contribution in [3.05, 3.63) is 120 Å². The molecule has 1 aliphatic rings. The fourth-order valence-corrected chi connectivity index (χ4v) is 13.3. The number of methoxy groups -OCH3 is 1. The Labute approximate surface area is 309 Å². The Balaban J connectivity index is 1.41. The lowest BCUT2D eigenvalue weighted by atomic mass is 10.1. The minimum Gasteiger partial charge on any atom is -0.496 e. The summed E-state index contributed by atoms with van der Waals surface area (Å²) in [5.74, 6) is -0.500. The van der Waals surface area contributed by atoms with Crippen LogP contribution in [0.3, 0.4) is 0 Å². The van der Waals surface area contributed by atoms with Crippen molar-refractivity contribution in [1.82, 2.24) is 14.5 Å². The maximum atomic E-state index is 14.9. The molecule has 0 aliphatic carbocycles. The van der Waals surface area contributed by atoms with E-state index in [9.17, 15) is 18.8 Å². The van der Waals surface area contributed by atoms with E-state index in [2.05, 4.69) is 66.3 Å². The first-order chi connectivity index (χ1) is 24.4. The van der Waals surface area contributed by atoms with Crippen LogP contribution in [0.25, 0.3) is 10.2 Å². The maximum absolute atomic E-state index is 14.9. The van der Waals surface area contributed by atoms with Gasteiger partial charge >= 0.3 is 5.69 Å². The average Bonchev–Trinajstić information content (AvgIpc) is 3.67. The molecule has 3 aromatic carbocycles. The summed E-state index contributed by atoms with van der Waals surface area (Å²) < 4.78 is 37.4. The second-order valence-electron chi connectivity index (χ2n) is 13.6. The van der Waals surface area contributed by atoms with Crippen LogP contribution in [-0.2, 0) is 20.5 Å². The third-order valence-electron chi connectivity index (χ3n) is 9.54. The molecule has 5 aromatic rings. The number of benzene rings is 3. The van der Waals surface area contributed by atoms with Crippen LogP contribution in [0.2, 0.25) is 5.04 Å². The Morgan fingerprint density at radius 1 is 1.00 bits per heavy atom. The van der Waals surface area contributed by atoms with Crippen molar-refractivity contribution in [3.8, 4) is 5.75 Å². The number of rotatable bonds is 12. The number of nitrogens with zero attached hydrogens (tertiary/aromatic N) is 2. The molecule has 2 atom stereocenters. The van der Waals surface area contributed by atoms with Gasteiger partial charge in [0.1, 0.15) is 28.5 Å². The van der Waals surface area contributed by atoms with Gasteiger partial charge < -0.3 is 19.2 Å². The number of nitrogens with one attached hydrogen (secondary N) is 1. The average molecular weight is 795 g/mol. The third-order valence-corrected chi connectivity index (χ3v) is 16.8. The summed E-state index contributed by atoms with van der Waals surface area (Å²) in [5.41, 5.74) is -0.102. The molecule has 0 bridgehead atoms. The molecule has 6 rings (SSSR count). The van der Waals surface area contributed by atoms with E-state index in [1.54, 1.807) is 6.92 Å². The van der Waals surface area contributed by atoms with Crippen LogP contribution < -0.4 is 31.7 Å². The normalized spacial score (nSPS) is 15.7. The molecule has 3 heterocycles. The number of fused-ring (bicyclic) bond motifs is 1. The van der Waals surface area contributed by atoms with Crippen molar-refractivity contribution in [1.29, 1.82) is 0 Å². The molecule has 268 valence electrons. The third kappa shape index (κ3) is 6.89. The number of aromatic nitrogens is 2. The molecule has 0 spiro atoms. The molecule has 1 aliphatic heterocycles. The molecule has 9 nitrogen and oxygen atoms in total. The fraction of sp³-hybridized carbons (Fsp3) is 0.342. The molecular weight excluding hydrogens is 753 g/mol. The van der Waals surface area contributed by atoms with E-state index in [1.807, 2.05) is 36.4 Å². The van der Waals surface area contributed by atoms with Gasteiger partial charge in [-0.15, -0.1) is 11.3 Å². The number of carbonyl (C=O) groups excluding carboxylic acids is 1. The Hall–Kier alpha value is -3.88. The van der Waals surface area contributed by atoms with Crippen LogP contribution in [0, 0.1) is 12.7 Å². The van der Waals surface area contributed by atoms with Crippen molar-refractivity contribution >= 4 is 62.1 Å². The van der Waals surface area contributed by atoms with Crippen LogP contribution in [0.1, 0.15) is 50.5 Å². The lowest BCUT2D eigenvalue weighted by Gasteiger charge is -2.43. The molecule has 1 N–H and O–H groups in total. The van der Waals surface area contributed by atoms with Gasteiger partial charge in [0.05, 0.1) is 36.0 Å². The van der Waals surface area contributed by atoms with Crippen molar-refractivity contribution < 1.29 is 23.1 Å². The van der Waals surface area contributed by atoms with Gasteiger partial charge in [-0.25, -0.2) is 13.8 Å². The molecule has 51 heavy (non-hydrogen) atoms. The van der Waals surface area contributed by atoms with Crippen molar-refractivity contribution in [2.45, 2.75) is 57.8 Å². The first-order valence-electron chi connectivity index (χ1n) is 16.8. The Kier molecular flexibility index (Phi) is 10.8. The molecule has 1 unspecified atom stereocenters. The summed E-state index contributed by atoms with van der Waals surface area (Å²) >= 11 is 4.80. The predicted molar refractivity (Wildman–Crippen MR) is 205 cm³/mol. The molecule has 2 aromatic heterocycles. The molecule has 0 radical (unpaired) electrons. The van der Waals surface area contributed by atoms with Crippen LogP contribution in [0.4, 0.5) is 4.39 Å². The number of hydrogen-bond donors (Lipinski definition) is 1. The number of amides is 1. The fourth-order valence-electron chi connectivity index (χ4n) is 7.11. The van der Waals surface area contributed by atoms with Crippen LogP contribution in [-0.4, -0.2) is 50.2 Å². The van der Waals surface area contributed by atoms with E-state index in [0.29, 0.717) is 43.8 Å². The standard InChI is InChI=1S/C38H41BrFN3O6SSi/c1-24-32-35(45)43(29-18-19-41-34(29)44)37(46)42(36(32)50-33(24)39)23-31(28-22-25(40)16-17-30(28)47-5)48-20-21-49-51(38(2,3)4,26-12-8-6-9-13-26)27-14-10-7-11-15-27/h6-17,22,29,31H,18-21,23H2,1-5H3,(H,41,44)/t29?,31-/m0/s1. The molecule has 1 saturated heterocycles. The minimum absolute atomic E-state index is 0.0879. The molecule has 13 heteroatoms. The lowest BCUT2D eigenvalue weighted by Crippen LogP contribution is -2.66. The maximum Gasteiger partial charge on any atom is 0.332 e. The summed E-state index contributed by atoms with van der Waals surface area (Å²) in [6, 6.07) is 23.8. The second kappa shape index (κ2) is 15.0. The number of ether oxygens (including phenoxy) is 2. The van der Waals surface area contributed by atoms with E-state index >= 15 is 0 Å². The topological polar surface area (TPSA) is 101 Å². The second-order valence-corrected chi connectivity index (χ2v) is 20.2. The van der Waals surface area contributed by atoms with E-state index in [-0.39, 0.29) is 30.7 Å². The van der Waals surface area contributed by atoms with Gasteiger partial charge in [0.2, 0.25) is 5.91 Å². The zero-order chi connectivity index (χ0) is 36.5. The van der Waals surface area contributed by atoms with Gasteiger partial charge in [-0.2, -0.15) is 0 Å². The molecular formula is C38H41BrFN3O6SSi. The molecule has 0 saturated carbocycles. The lowest BCUT2D eigenvalue weighted by molar-refractivity contribution is -0.122. The summed E-state index contributed by atoms with van der Waals surface area (Å²) in [6.45, 7) is 8.95. The SMILES string of the molecule is COc1ccc(F)cc1[C@H](Cn1c(=O)n(C2CCNC2=O)c(=O)c2c(C)c(Br)sc21)OCCO[Si](c1ccccc1)(c1ccccc1)C(C)(C)C. The van der Waals surface area contributed by atoms with Crippen LogP contribution in [0.15, 0.2) is 92.2 Å². The quantitative estimate of drug-likeness (QED) is 0.126. The Morgan fingerprint density at radius 2 is 1.65 bits per heavy atom. The van der Waals surface area contributed by atoms with Crippen LogP contribution in [0.5, 0.6) is 5.75 Å². The van der Waals surface area contributed by atoms with E-state index in [1.165, 1.54) is 41.2 Å². The van der Waals surface area contributed by atoms with Crippen LogP contribution >= 0.6 is 27.3 Å². The van der Waals surface area contributed by atoms with E-state index < -0.39 is 37.5 Å². The smallest absolute Gasteiger partial charge is 0.332 e. The van der Waals surface area contributed by atoms with E-state index in [0.717, 1.165) is 14.9 Å². The van der Waals surface area contributed by atoms with Crippen molar-refractivity contribution in [3.63, 3.8) is 0 Å². The van der Waals surface area contributed by atoms with Gasteiger partial charge in [-0.3, -0.25) is 14.2 Å². The summed E-state index contributed by atoms with van der Waals surface area (Å²) in [5, 5.41) is 5.06. The zero-order valence-corrected chi connectivity index (χ0v) is 32.6. The summed E-state index contributed by atoms with van der Waals surface area (Å²) in [4.78, 5) is 41.3. The number of hydrogen-bond acceptors (Lipinski definition) is 7. The Morgan fingerprint density at radius 3 is 2.22 bits per heavy atom. The number of carbonyl (C=O) groups is 1. The van der Waals surface area contributed by atoms with Gasteiger partial charge in [-0.05, 0) is 68.4 Å². The highest BCUT2D eigenvalue weighted by Crippen LogP contribution is 2.38. The zero-order valence-electron chi connectivity index (χ0n) is 29.2. The minimum atomic E-state index is -2.89. The highest BCUT2D eigenvalue weighted by molar-refractivity contribution is 9.11. The first-order valence-corrected chi connectivity index (χ1v) is 20.3. The predicted octanol–water partition coefficient (Wildman–Crippen LogP) is 5.84. The monoisotopic (exact) mass is 793 g/mol. The highest BCUT2D eigenvalue weighted by Gasteiger charge is 2.50. The van der Waals surface area contributed by atoms with Gasteiger partial charge in [0.15, 0.2) is 0 Å². The Bertz CT molecular complexity index is 2130. The van der Waals surface area contributed by atoms with Gasteiger partial charge in [0.25, 0.3) is 13.9 Å². The highest BCUT2D eigenvalue weighted by atomic mass is 79.9. The van der Waals surface area contributed by atoms with Gasteiger partial charge in [0, 0.05) is 12.1 Å². The van der Waals surface area contributed by atoms with Gasteiger partial charge in [-0.1, -0.05) is 81.4 Å². The summed E-state index contributed by atoms with van der Waals surface area (Å²) in [7, 11) is -1.40.